The third-order valence-electron chi connectivity index (χ3n) is 2.40. The molecule has 0 unspecified atom stereocenters. The second-order valence-electron chi connectivity index (χ2n) is 3.84. The monoisotopic (exact) mass is 280 g/mol. The van der Waals surface area contributed by atoms with Gasteiger partial charge in [0.05, 0.1) is 12.1 Å². The highest BCUT2D eigenvalue weighted by Gasteiger charge is 2.07. The van der Waals surface area contributed by atoms with Crippen molar-refractivity contribution in [2.75, 3.05) is 18.2 Å². The topological polar surface area (TPSA) is 82.2 Å². The van der Waals surface area contributed by atoms with E-state index in [9.17, 15) is 4.79 Å². The van der Waals surface area contributed by atoms with Crippen LogP contribution >= 0.6 is 11.6 Å². The fraction of sp³-hybridized carbons (Fsp3) is 0.167. The quantitative estimate of drug-likeness (QED) is 0.894. The van der Waals surface area contributed by atoms with E-state index in [1.165, 1.54) is 11.8 Å². The van der Waals surface area contributed by atoms with E-state index in [4.69, 9.17) is 22.1 Å². The maximum atomic E-state index is 11.8. The number of nitrogen functional groups attached to an aromatic ring is 1. The van der Waals surface area contributed by atoms with Crippen LogP contribution in [0.25, 0.3) is 0 Å². The highest BCUT2D eigenvalue weighted by Crippen LogP contribution is 2.27. The van der Waals surface area contributed by atoms with Crippen molar-refractivity contribution in [3.8, 4) is 5.75 Å². The Kier molecular flexibility index (Phi) is 3.91. The summed E-state index contributed by atoms with van der Waals surface area (Å²) >= 11 is 5.97. The normalized spacial score (nSPS) is 10.2. The van der Waals surface area contributed by atoms with Crippen LogP contribution in [0.15, 0.2) is 30.5 Å². The Labute approximate surface area is 115 Å². The Morgan fingerprint density at radius 2 is 2.32 bits per heavy atom. The lowest BCUT2D eigenvalue weighted by molar-refractivity contribution is -0.116. The smallest absolute Gasteiger partial charge is 0.246 e. The molecule has 7 heteroatoms. The minimum absolute atomic E-state index is 0.0842. The molecule has 1 aromatic carbocycles. The van der Waals surface area contributed by atoms with Crippen molar-refractivity contribution in [2.45, 2.75) is 6.54 Å². The Hall–Kier alpha value is -2.21. The van der Waals surface area contributed by atoms with E-state index in [1.807, 2.05) is 0 Å². The molecule has 100 valence electrons. The van der Waals surface area contributed by atoms with Gasteiger partial charge < -0.3 is 15.8 Å². The Bertz CT molecular complexity index is 597. The first kappa shape index (κ1) is 13.2. The van der Waals surface area contributed by atoms with Crippen LogP contribution in [-0.2, 0) is 11.3 Å². The van der Waals surface area contributed by atoms with Gasteiger partial charge in [0.2, 0.25) is 5.91 Å². The van der Waals surface area contributed by atoms with Gasteiger partial charge in [0, 0.05) is 11.9 Å². The van der Waals surface area contributed by atoms with Gasteiger partial charge in [-0.05, 0) is 24.3 Å². The maximum absolute atomic E-state index is 11.8. The number of carbonyl (C=O) groups excluding carboxylic acids is 1. The van der Waals surface area contributed by atoms with E-state index < -0.39 is 0 Å². The molecule has 1 amide bonds. The summed E-state index contributed by atoms with van der Waals surface area (Å²) in [5.74, 6) is 0.712. The van der Waals surface area contributed by atoms with Crippen LogP contribution in [0.3, 0.4) is 0 Å². The number of halogens is 1. The zero-order valence-corrected chi connectivity index (χ0v) is 11.0. The number of methoxy groups -OCH3 is 1. The average molecular weight is 281 g/mol. The molecule has 0 atom stereocenters. The predicted octanol–water partition coefficient (Wildman–Crippen LogP) is 1.77. The van der Waals surface area contributed by atoms with Crippen molar-refractivity contribution in [2.24, 2.45) is 0 Å². The third-order valence-corrected chi connectivity index (χ3v) is 2.70. The number of aromatic nitrogens is 2. The van der Waals surface area contributed by atoms with E-state index >= 15 is 0 Å². The van der Waals surface area contributed by atoms with Gasteiger partial charge in [-0.15, -0.1) is 0 Å². The lowest BCUT2D eigenvalue weighted by Crippen LogP contribution is -2.19. The fourth-order valence-electron chi connectivity index (χ4n) is 1.56. The molecule has 0 aliphatic rings. The van der Waals surface area contributed by atoms with Gasteiger partial charge in [-0.25, -0.2) is 0 Å². The van der Waals surface area contributed by atoms with Crippen LogP contribution in [0.2, 0.25) is 5.02 Å². The molecule has 19 heavy (non-hydrogen) atoms. The summed E-state index contributed by atoms with van der Waals surface area (Å²) in [4.78, 5) is 11.8. The molecule has 2 rings (SSSR count). The minimum atomic E-state index is -0.218. The number of nitrogens with two attached hydrogens (primary N) is 1. The zero-order valence-electron chi connectivity index (χ0n) is 10.3. The number of rotatable bonds is 4. The number of hydrogen-bond donors (Lipinski definition) is 2. The number of benzene rings is 1. The molecule has 0 aliphatic carbocycles. The van der Waals surface area contributed by atoms with E-state index in [0.717, 1.165) is 0 Å². The number of nitrogens with zero attached hydrogens (tertiary/aromatic N) is 2. The summed E-state index contributed by atoms with van der Waals surface area (Å²) in [5, 5.41) is 7.07. The minimum Gasteiger partial charge on any atom is -0.495 e. The van der Waals surface area contributed by atoms with Crippen LogP contribution < -0.4 is 15.8 Å². The summed E-state index contributed by atoms with van der Waals surface area (Å²) in [5.41, 5.74) is 6.06. The molecule has 0 bridgehead atoms. The SMILES string of the molecule is COc1ccc(NC(=O)Cn2ccc(N)n2)cc1Cl. The molecule has 1 heterocycles. The van der Waals surface area contributed by atoms with Gasteiger partial charge in [0.1, 0.15) is 18.1 Å². The standard InChI is InChI=1S/C12H13ClN4O2/c1-19-10-3-2-8(6-9(10)13)15-12(18)7-17-5-4-11(14)16-17/h2-6H,7H2,1H3,(H2,14,16)(H,15,18). The summed E-state index contributed by atoms with van der Waals surface area (Å²) < 4.78 is 6.48. The zero-order chi connectivity index (χ0) is 13.8. The lowest BCUT2D eigenvalue weighted by atomic mass is 10.3. The van der Waals surface area contributed by atoms with E-state index in [0.29, 0.717) is 22.3 Å². The van der Waals surface area contributed by atoms with Crippen molar-refractivity contribution >= 4 is 29.0 Å². The van der Waals surface area contributed by atoms with Gasteiger partial charge in [-0.2, -0.15) is 5.10 Å². The second kappa shape index (κ2) is 5.62. The number of carbonyl (C=O) groups is 1. The second-order valence-corrected chi connectivity index (χ2v) is 4.24. The van der Waals surface area contributed by atoms with E-state index in [2.05, 4.69) is 10.4 Å². The largest absolute Gasteiger partial charge is 0.495 e. The first-order valence-corrected chi connectivity index (χ1v) is 5.88. The van der Waals surface area contributed by atoms with Gasteiger partial charge in [-0.3, -0.25) is 9.48 Å². The Balaban J connectivity index is 2.00. The molecule has 3 N–H and O–H groups in total. The van der Waals surface area contributed by atoms with Gasteiger partial charge in [0.15, 0.2) is 0 Å². The van der Waals surface area contributed by atoms with Crippen molar-refractivity contribution in [1.82, 2.24) is 9.78 Å². The van der Waals surface area contributed by atoms with Crippen molar-refractivity contribution < 1.29 is 9.53 Å². The number of ether oxygens (including phenoxy) is 1. The van der Waals surface area contributed by atoms with E-state index in [1.54, 1.807) is 30.5 Å². The van der Waals surface area contributed by atoms with Crippen LogP contribution in [0, 0.1) is 0 Å². The highest BCUT2D eigenvalue weighted by molar-refractivity contribution is 6.32. The Morgan fingerprint density at radius 1 is 1.53 bits per heavy atom. The molecule has 6 nitrogen and oxygen atoms in total. The molecule has 1 aromatic heterocycles. The fourth-order valence-corrected chi connectivity index (χ4v) is 1.81. The van der Waals surface area contributed by atoms with Crippen LogP contribution in [0.1, 0.15) is 0 Å². The first-order chi connectivity index (χ1) is 9.08. The summed E-state index contributed by atoms with van der Waals surface area (Å²) in [6.45, 7) is 0.0842. The molecular formula is C12H13ClN4O2. The van der Waals surface area contributed by atoms with Gasteiger partial charge >= 0.3 is 0 Å². The van der Waals surface area contributed by atoms with Crippen molar-refractivity contribution in [3.63, 3.8) is 0 Å². The number of anilines is 2. The summed E-state index contributed by atoms with van der Waals surface area (Å²) in [6.07, 6.45) is 1.63. The number of amides is 1. The Morgan fingerprint density at radius 3 is 2.89 bits per heavy atom. The first-order valence-electron chi connectivity index (χ1n) is 5.51. The number of hydrogen-bond acceptors (Lipinski definition) is 4. The predicted molar refractivity (Wildman–Crippen MR) is 73.3 cm³/mol. The molecule has 2 aromatic rings. The van der Waals surface area contributed by atoms with Crippen LogP contribution in [0.5, 0.6) is 5.75 Å². The summed E-state index contributed by atoms with van der Waals surface area (Å²) in [6, 6.07) is 6.64. The molecule has 0 aliphatic heterocycles. The molecular weight excluding hydrogens is 268 g/mol. The molecule has 0 saturated carbocycles. The van der Waals surface area contributed by atoms with Crippen molar-refractivity contribution in [3.05, 3.63) is 35.5 Å². The molecule has 0 fully saturated rings. The van der Waals surface area contributed by atoms with Crippen molar-refractivity contribution in [1.29, 1.82) is 0 Å². The van der Waals surface area contributed by atoms with E-state index in [-0.39, 0.29) is 12.5 Å². The number of nitrogens with one attached hydrogen (secondary N) is 1. The van der Waals surface area contributed by atoms with Crippen LogP contribution in [-0.4, -0.2) is 22.8 Å². The van der Waals surface area contributed by atoms with Gasteiger partial charge in [-0.1, -0.05) is 11.6 Å². The molecule has 0 saturated heterocycles. The lowest BCUT2D eigenvalue weighted by Gasteiger charge is -2.08. The third kappa shape index (κ3) is 3.38. The molecule has 0 radical (unpaired) electrons. The van der Waals surface area contributed by atoms with Gasteiger partial charge in [0.25, 0.3) is 0 Å². The molecule has 0 spiro atoms. The maximum Gasteiger partial charge on any atom is 0.246 e. The average Bonchev–Trinajstić information content (AvgIpc) is 2.74. The highest BCUT2D eigenvalue weighted by atomic mass is 35.5. The van der Waals surface area contributed by atoms with Crippen LogP contribution in [0.4, 0.5) is 11.5 Å². The summed E-state index contributed by atoms with van der Waals surface area (Å²) in [7, 11) is 1.53.